The van der Waals surface area contributed by atoms with E-state index in [-0.39, 0.29) is 6.61 Å². The van der Waals surface area contributed by atoms with Crippen LogP contribution in [-0.2, 0) is 19.3 Å². The van der Waals surface area contributed by atoms with Crippen LogP contribution in [0.15, 0.2) is 36.4 Å². The van der Waals surface area contributed by atoms with Crippen LogP contribution in [0.4, 0.5) is 13.2 Å². The molecule has 4 nitrogen and oxygen atoms in total. The van der Waals surface area contributed by atoms with Crippen LogP contribution in [-0.4, -0.2) is 10.9 Å². The molecule has 0 aliphatic heterocycles. The molecule has 0 radical (unpaired) electrons. The van der Waals surface area contributed by atoms with Gasteiger partial charge in [0.1, 0.15) is 23.7 Å². The Labute approximate surface area is 136 Å². The molecule has 24 heavy (non-hydrogen) atoms. The van der Waals surface area contributed by atoms with Crippen LogP contribution in [0.3, 0.4) is 0 Å². The molecular formula is C17H16F3NO3. The van der Waals surface area contributed by atoms with Gasteiger partial charge in [0.05, 0.1) is 5.56 Å². The maximum Gasteiger partial charge on any atom is 0.423 e. The quantitative estimate of drug-likeness (QED) is 0.816. The summed E-state index contributed by atoms with van der Waals surface area (Å²) in [5, 5.41) is 9.82. The first-order valence-electron chi connectivity index (χ1n) is 7.08. The standard InChI is InChI=1S/C17H16F3NO3/c1-10(22)13-5-6-14(15(16(13)23)17(18,19)20)24-9-12-4-2-3-11(7-12)8-21/h2-7,23H,8-9,21H2,1H3. The first kappa shape index (κ1) is 17.8. The largest absolute Gasteiger partial charge is 0.506 e. The third-order valence-electron chi connectivity index (χ3n) is 3.42. The Morgan fingerprint density at radius 3 is 2.46 bits per heavy atom. The molecule has 0 aromatic heterocycles. The van der Waals surface area contributed by atoms with E-state index in [4.69, 9.17) is 10.5 Å². The van der Waals surface area contributed by atoms with E-state index in [1.54, 1.807) is 24.3 Å². The molecule has 0 amide bonds. The van der Waals surface area contributed by atoms with Crippen molar-refractivity contribution in [1.82, 2.24) is 0 Å². The van der Waals surface area contributed by atoms with Crippen LogP contribution < -0.4 is 10.5 Å². The zero-order valence-corrected chi connectivity index (χ0v) is 12.9. The second kappa shape index (κ2) is 6.92. The molecule has 0 bridgehead atoms. The highest BCUT2D eigenvalue weighted by molar-refractivity contribution is 5.97. The van der Waals surface area contributed by atoms with E-state index in [2.05, 4.69) is 0 Å². The molecule has 0 atom stereocenters. The minimum Gasteiger partial charge on any atom is -0.506 e. The summed E-state index contributed by atoms with van der Waals surface area (Å²) in [4.78, 5) is 11.3. The normalized spacial score (nSPS) is 11.4. The maximum atomic E-state index is 13.2. The lowest BCUT2D eigenvalue weighted by Crippen LogP contribution is -2.11. The summed E-state index contributed by atoms with van der Waals surface area (Å²) in [6.07, 6.45) is -4.86. The number of ketones is 1. The van der Waals surface area contributed by atoms with E-state index in [0.29, 0.717) is 12.1 Å². The fourth-order valence-corrected chi connectivity index (χ4v) is 2.26. The van der Waals surface area contributed by atoms with E-state index in [1.807, 2.05) is 0 Å². The number of carbonyl (C=O) groups is 1. The van der Waals surface area contributed by atoms with Crippen molar-refractivity contribution in [2.45, 2.75) is 26.3 Å². The second-order valence-corrected chi connectivity index (χ2v) is 5.20. The van der Waals surface area contributed by atoms with Crippen LogP contribution in [0.25, 0.3) is 0 Å². The smallest absolute Gasteiger partial charge is 0.423 e. The average Bonchev–Trinajstić information content (AvgIpc) is 2.51. The Hall–Kier alpha value is -2.54. The Bertz CT molecular complexity index is 757. The monoisotopic (exact) mass is 339 g/mol. The van der Waals surface area contributed by atoms with Gasteiger partial charge in [0.2, 0.25) is 0 Å². The highest BCUT2D eigenvalue weighted by Gasteiger charge is 2.39. The number of rotatable bonds is 5. The highest BCUT2D eigenvalue weighted by Crippen LogP contribution is 2.44. The number of ether oxygens (including phenoxy) is 1. The average molecular weight is 339 g/mol. The van der Waals surface area contributed by atoms with Crippen molar-refractivity contribution < 1.29 is 27.8 Å². The van der Waals surface area contributed by atoms with Gasteiger partial charge in [-0.3, -0.25) is 4.79 Å². The van der Waals surface area contributed by atoms with E-state index >= 15 is 0 Å². The number of Topliss-reactive ketones (excluding diaryl/α,β-unsaturated/α-hetero) is 1. The van der Waals surface area contributed by atoms with Crippen molar-refractivity contribution in [2.24, 2.45) is 5.73 Å². The summed E-state index contributed by atoms with van der Waals surface area (Å²) >= 11 is 0. The number of carbonyl (C=O) groups excluding carboxylic acids is 1. The summed E-state index contributed by atoms with van der Waals surface area (Å²) in [7, 11) is 0. The predicted molar refractivity (Wildman–Crippen MR) is 81.8 cm³/mol. The Balaban J connectivity index is 2.36. The molecule has 0 aliphatic rings. The lowest BCUT2D eigenvalue weighted by Gasteiger charge is -2.17. The molecule has 0 heterocycles. The fourth-order valence-electron chi connectivity index (χ4n) is 2.26. The molecule has 2 aromatic rings. The van der Waals surface area contributed by atoms with Crippen LogP contribution in [0.2, 0.25) is 0 Å². The molecular weight excluding hydrogens is 323 g/mol. The van der Waals surface area contributed by atoms with Gasteiger partial charge in [-0.25, -0.2) is 0 Å². The Morgan fingerprint density at radius 1 is 1.21 bits per heavy atom. The lowest BCUT2D eigenvalue weighted by molar-refractivity contribution is -0.140. The van der Waals surface area contributed by atoms with Crippen molar-refractivity contribution in [3.05, 3.63) is 58.7 Å². The molecule has 0 unspecified atom stereocenters. The van der Waals surface area contributed by atoms with Crippen molar-refractivity contribution in [2.75, 3.05) is 0 Å². The van der Waals surface area contributed by atoms with Crippen molar-refractivity contribution >= 4 is 5.78 Å². The molecule has 0 saturated heterocycles. The summed E-state index contributed by atoms with van der Waals surface area (Å²) < 4.78 is 44.9. The molecule has 0 fully saturated rings. The number of alkyl halides is 3. The van der Waals surface area contributed by atoms with E-state index in [0.717, 1.165) is 24.6 Å². The summed E-state index contributed by atoms with van der Waals surface area (Å²) in [6, 6.07) is 9.07. The van der Waals surface area contributed by atoms with Crippen LogP contribution in [0, 0.1) is 0 Å². The van der Waals surface area contributed by atoms with Crippen molar-refractivity contribution in [3.8, 4) is 11.5 Å². The van der Waals surface area contributed by atoms with Gasteiger partial charge in [-0.2, -0.15) is 13.2 Å². The maximum absolute atomic E-state index is 13.2. The third-order valence-corrected chi connectivity index (χ3v) is 3.42. The van der Waals surface area contributed by atoms with Crippen molar-refractivity contribution in [3.63, 3.8) is 0 Å². The third kappa shape index (κ3) is 3.86. The molecule has 3 N–H and O–H groups in total. The molecule has 0 spiro atoms. The van der Waals surface area contributed by atoms with Gasteiger partial charge in [-0.05, 0) is 30.2 Å². The first-order chi connectivity index (χ1) is 11.2. The number of halogens is 3. The van der Waals surface area contributed by atoms with E-state index in [9.17, 15) is 23.1 Å². The summed E-state index contributed by atoms with van der Waals surface area (Å²) in [6.45, 7) is 1.25. The van der Waals surface area contributed by atoms with Gasteiger partial charge in [0.25, 0.3) is 0 Å². The molecule has 128 valence electrons. The fraction of sp³-hybridized carbons (Fsp3) is 0.235. The molecule has 2 rings (SSSR count). The highest BCUT2D eigenvalue weighted by atomic mass is 19.4. The SMILES string of the molecule is CC(=O)c1ccc(OCc2cccc(CN)c2)c(C(F)(F)F)c1O. The topological polar surface area (TPSA) is 72.5 Å². The molecule has 0 aliphatic carbocycles. The van der Waals surface area contributed by atoms with Gasteiger partial charge in [-0.1, -0.05) is 24.3 Å². The van der Waals surface area contributed by atoms with Crippen LogP contribution in [0.5, 0.6) is 11.5 Å². The van der Waals surface area contributed by atoms with Gasteiger partial charge >= 0.3 is 6.18 Å². The number of hydrogen-bond acceptors (Lipinski definition) is 4. The second-order valence-electron chi connectivity index (χ2n) is 5.20. The zero-order valence-electron chi connectivity index (χ0n) is 12.9. The minimum absolute atomic E-state index is 0.129. The molecule has 0 saturated carbocycles. The van der Waals surface area contributed by atoms with E-state index < -0.39 is 34.6 Å². The van der Waals surface area contributed by atoms with E-state index in [1.165, 1.54) is 0 Å². The number of aromatic hydroxyl groups is 1. The Morgan fingerprint density at radius 2 is 1.88 bits per heavy atom. The van der Waals surface area contributed by atoms with Crippen molar-refractivity contribution in [1.29, 1.82) is 0 Å². The number of nitrogens with two attached hydrogens (primary N) is 1. The Kier molecular flexibility index (Phi) is 5.14. The van der Waals surface area contributed by atoms with Crippen LogP contribution in [0.1, 0.15) is 34.0 Å². The van der Waals surface area contributed by atoms with Gasteiger partial charge in [0.15, 0.2) is 5.78 Å². The van der Waals surface area contributed by atoms with Gasteiger partial charge in [-0.15, -0.1) is 0 Å². The summed E-state index contributed by atoms with van der Waals surface area (Å²) in [5.74, 6) is -2.33. The van der Waals surface area contributed by atoms with Gasteiger partial charge < -0.3 is 15.6 Å². The number of phenolic OH excluding ortho intramolecular Hbond substituents is 1. The first-order valence-corrected chi connectivity index (χ1v) is 7.08. The number of phenols is 1. The van der Waals surface area contributed by atoms with Crippen LogP contribution >= 0.6 is 0 Å². The summed E-state index contributed by atoms with van der Waals surface area (Å²) in [5.41, 5.74) is 5.22. The molecule has 7 heteroatoms. The van der Waals surface area contributed by atoms with Gasteiger partial charge in [0, 0.05) is 6.54 Å². The number of hydrogen-bond donors (Lipinski definition) is 2. The number of benzene rings is 2. The minimum atomic E-state index is -4.86. The molecule has 2 aromatic carbocycles. The lowest BCUT2D eigenvalue weighted by atomic mass is 10.0. The zero-order chi connectivity index (χ0) is 17.9. The predicted octanol–water partition coefficient (Wildman–Crippen LogP) is 3.65.